The monoisotopic (exact) mass is 452 g/mol. The number of benzene rings is 1. The van der Waals surface area contributed by atoms with Gasteiger partial charge in [-0.15, -0.1) is 21.5 Å². The molecule has 28 heavy (non-hydrogen) atoms. The molecule has 0 saturated heterocycles. The predicted molar refractivity (Wildman–Crippen MR) is 117 cm³/mol. The topological polar surface area (TPSA) is 59.8 Å². The van der Waals surface area contributed by atoms with Crippen LogP contribution in [0.2, 0.25) is 10.0 Å². The number of nitrogens with zero attached hydrogens (tertiary/aromatic N) is 3. The summed E-state index contributed by atoms with van der Waals surface area (Å²) in [7, 11) is 1.94. The molecule has 0 unspecified atom stereocenters. The highest BCUT2D eigenvalue weighted by molar-refractivity contribution is 7.99. The van der Waals surface area contributed by atoms with Crippen molar-refractivity contribution in [1.82, 2.24) is 14.8 Å². The Morgan fingerprint density at radius 3 is 2.75 bits per heavy atom. The summed E-state index contributed by atoms with van der Waals surface area (Å²) >= 11 is 15.1. The standard InChI is InChI=1S/C19H18Cl2N4OS2/c1-25-18(15-9-27-16-5-3-2-4-14(15)16)23-24-19(25)28-10-17(26)22-13-7-11(20)6-12(21)8-13/h6-9H,2-5,10H2,1H3,(H,22,26). The fourth-order valence-corrected chi connectivity index (χ4v) is 5.67. The van der Waals surface area contributed by atoms with Gasteiger partial charge in [0.2, 0.25) is 5.91 Å². The summed E-state index contributed by atoms with van der Waals surface area (Å²) in [5.74, 6) is 0.933. The predicted octanol–water partition coefficient (Wildman–Crippen LogP) is 5.46. The zero-order chi connectivity index (χ0) is 19.7. The molecule has 4 rings (SSSR count). The van der Waals surface area contributed by atoms with Crippen LogP contribution >= 0.6 is 46.3 Å². The maximum atomic E-state index is 12.3. The molecule has 1 aliphatic carbocycles. The second-order valence-corrected chi connectivity index (χ2v) is 9.40. The molecule has 2 heterocycles. The first kappa shape index (κ1) is 19.8. The lowest BCUT2D eigenvalue weighted by Gasteiger charge is -2.12. The molecular formula is C19H18Cl2N4OS2. The molecule has 0 fully saturated rings. The van der Waals surface area contributed by atoms with E-state index in [1.807, 2.05) is 23.0 Å². The van der Waals surface area contributed by atoms with E-state index < -0.39 is 0 Å². The van der Waals surface area contributed by atoms with Gasteiger partial charge < -0.3 is 9.88 Å². The Labute approximate surface area is 181 Å². The first-order chi connectivity index (χ1) is 13.5. The molecule has 0 atom stereocenters. The second-order valence-electron chi connectivity index (χ2n) is 6.62. The van der Waals surface area contributed by atoms with Crippen LogP contribution in [-0.2, 0) is 24.7 Å². The van der Waals surface area contributed by atoms with Crippen molar-refractivity contribution in [3.05, 3.63) is 44.1 Å². The highest BCUT2D eigenvalue weighted by Gasteiger charge is 2.21. The van der Waals surface area contributed by atoms with Crippen molar-refractivity contribution >= 4 is 57.9 Å². The van der Waals surface area contributed by atoms with E-state index in [1.54, 1.807) is 18.2 Å². The molecule has 3 aromatic rings. The van der Waals surface area contributed by atoms with Crippen molar-refractivity contribution in [2.45, 2.75) is 30.8 Å². The number of fused-ring (bicyclic) bond motifs is 1. The van der Waals surface area contributed by atoms with Gasteiger partial charge in [-0.25, -0.2) is 0 Å². The highest BCUT2D eigenvalue weighted by Crippen LogP contribution is 2.36. The molecule has 1 aromatic carbocycles. The summed E-state index contributed by atoms with van der Waals surface area (Å²) in [5.41, 5.74) is 3.17. The number of nitrogens with one attached hydrogen (secondary N) is 1. The van der Waals surface area contributed by atoms with Crippen LogP contribution in [0.25, 0.3) is 11.4 Å². The largest absolute Gasteiger partial charge is 0.325 e. The normalized spacial score (nSPS) is 13.4. The molecule has 5 nitrogen and oxygen atoms in total. The summed E-state index contributed by atoms with van der Waals surface area (Å²) in [6.07, 6.45) is 4.75. The van der Waals surface area contributed by atoms with Crippen LogP contribution in [-0.4, -0.2) is 26.4 Å². The van der Waals surface area contributed by atoms with Gasteiger partial charge in [-0.1, -0.05) is 35.0 Å². The van der Waals surface area contributed by atoms with Gasteiger partial charge in [-0.3, -0.25) is 4.79 Å². The van der Waals surface area contributed by atoms with Crippen molar-refractivity contribution in [3.63, 3.8) is 0 Å². The van der Waals surface area contributed by atoms with E-state index in [-0.39, 0.29) is 11.7 Å². The summed E-state index contributed by atoms with van der Waals surface area (Å²) in [6.45, 7) is 0. The first-order valence-corrected chi connectivity index (χ1v) is 11.5. The van der Waals surface area contributed by atoms with Crippen LogP contribution < -0.4 is 5.32 Å². The number of aryl methyl sites for hydroxylation is 1. The van der Waals surface area contributed by atoms with E-state index in [4.69, 9.17) is 23.2 Å². The number of hydrogen-bond donors (Lipinski definition) is 1. The van der Waals surface area contributed by atoms with Gasteiger partial charge in [0.05, 0.1) is 5.75 Å². The molecular weight excluding hydrogens is 435 g/mol. The minimum Gasteiger partial charge on any atom is -0.325 e. The number of halogens is 2. The van der Waals surface area contributed by atoms with Crippen molar-refractivity contribution in [2.75, 3.05) is 11.1 Å². The van der Waals surface area contributed by atoms with Gasteiger partial charge in [0, 0.05) is 38.6 Å². The minimum atomic E-state index is -0.152. The van der Waals surface area contributed by atoms with Crippen LogP contribution in [0.1, 0.15) is 23.3 Å². The first-order valence-electron chi connectivity index (χ1n) is 8.89. The average Bonchev–Trinajstić information content (AvgIpc) is 3.22. The highest BCUT2D eigenvalue weighted by atomic mass is 35.5. The third-order valence-electron chi connectivity index (χ3n) is 4.62. The molecule has 1 N–H and O–H groups in total. The Kier molecular flexibility index (Phi) is 5.96. The number of thiophene rings is 1. The number of rotatable bonds is 5. The van der Waals surface area contributed by atoms with Gasteiger partial charge in [0.25, 0.3) is 0 Å². The molecule has 1 amide bonds. The smallest absolute Gasteiger partial charge is 0.234 e. The molecule has 0 spiro atoms. The van der Waals surface area contributed by atoms with Crippen molar-refractivity contribution < 1.29 is 4.79 Å². The quantitative estimate of drug-likeness (QED) is 0.522. The van der Waals surface area contributed by atoms with E-state index in [0.717, 1.165) is 18.7 Å². The Morgan fingerprint density at radius 1 is 1.21 bits per heavy atom. The van der Waals surface area contributed by atoms with E-state index >= 15 is 0 Å². The zero-order valence-corrected chi connectivity index (χ0v) is 18.3. The van der Waals surface area contributed by atoms with Gasteiger partial charge in [0.15, 0.2) is 11.0 Å². The Hall–Kier alpha value is -1.54. The summed E-state index contributed by atoms with van der Waals surface area (Å²) in [6, 6.07) is 4.95. The molecule has 146 valence electrons. The van der Waals surface area contributed by atoms with Gasteiger partial charge in [0.1, 0.15) is 0 Å². The number of amides is 1. The van der Waals surface area contributed by atoms with Crippen LogP contribution in [0.3, 0.4) is 0 Å². The number of hydrogen-bond acceptors (Lipinski definition) is 5. The SMILES string of the molecule is Cn1c(SCC(=O)Nc2cc(Cl)cc(Cl)c2)nnc1-c1csc2c1CCCC2. The summed E-state index contributed by atoms with van der Waals surface area (Å²) in [5, 5.41) is 15.3. The third-order valence-corrected chi connectivity index (χ3v) is 7.16. The van der Waals surface area contributed by atoms with Crippen LogP contribution in [0, 0.1) is 0 Å². The molecule has 9 heteroatoms. The van der Waals surface area contributed by atoms with Gasteiger partial charge in [-0.2, -0.15) is 0 Å². The van der Waals surface area contributed by atoms with Gasteiger partial charge >= 0.3 is 0 Å². The van der Waals surface area contributed by atoms with E-state index in [1.165, 1.54) is 40.6 Å². The van der Waals surface area contributed by atoms with Crippen LogP contribution in [0.4, 0.5) is 5.69 Å². The summed E-state index contributed by atoms with van der Waals surface area (Å²) < 4.78 is 1.96. The van der Waals surface area contributed by atoms with Gasteiger partial charge in [-0.05, 0) is 49.4 Å². The van der Waals surface area contributed by atoms with E-state index in [0.29, 0.717) is 20.9 Å². The average molecular weight is 453 g/mol. The van der Waals surface area contributed by atoms with Crippen LogP contribution in [0.15, 0.2) is 28.7 Å². The number of carbonyl (C=O) groups excluding carboxylic acids is 1. The van der Waals surface area contributed by atoms with Crippen molar-refractivity contribution in [1.29, 1.82) is 0 Å². The summed E-state index contributed by atoms with van der Waals surface area (Å²) in [4.78, 5) is 13.7. The lowest BCUT2D eigenvalue weighted by molar-refractivity contribution is -0.113. The number of carbonyl (C=O) groups is 1. The maximum absolute atomic E-state index is 12.3. The maximum Gasteiger partial charge on any atom is 0.234 e. The fraction of sp³-hybridized carbons (Fsp3) is 0.316. The van der Waals surface area contributed by atoms with Crippen LogP contribution in [0.5, 0.6) is 0 Å². The molecule has 1 aliphatic rings. The Morgan fingerprint density at radius 2 is 1.96 bits per heavy atom. The zero-order valence-electron chi connectivity index (χ0n) is 15.2. The Balaban J connectivity index is 1.43. The molecule has 0 radical (unpaired) electrons. The number of aromatic nitrogens is 3. The molecule has 0 bridgehead atoms. The number of thioether (sulfide) groups is 1. The van der Waals surface area contributed by atoms with E-state index in [2.05, 4.69) is 20.9 Å². The fourth-order valence-electron chi connectivity index (χ4n) is 3.31. The molecule has 0 aliphatic heterocycles. The minimum absolute atomic E-state index is 0.152. The second kappa shape index (κ2) is 8.45. The van der Waals surface area contributed by atoms with E-state index in [9.17, 15) is 4.79 Å². The lowest BCUT2D eigenvalue weighted by Crippen LogP contribution is -2.14. The third kappa shape index (κ3) is 4.22. The molecule has 0 saturated carbocycles. The number of anilines is 1. The lowest BCUT2D eigenvalue weighted by atomic mass is 9.96. The Bertz CT molecular complexity index is 1010. The van der Waals surface area contributed by atoms with Crippen molar-refractivity contribution in [2.24, 2.45) is 7.05 Å². The molecule has 2 aromatic heterocycles. The van der Waals surface area contributed by atoms with Crippen molar-refractivity contribution in [3.8, 4) is 11.4 Å².